The van der Waals surface area contributed by atoms with E-state index >= 15 is 0 Å². The smallest absolute Gasteiger partial charge is 0.222 e. The molecule has 4 heterocycles. The molecule has 2 aliphatic heterocycles. The van der Waals surface area contributed by atoms with Gasteiger partial charge in [0.05, 0.1) is 16.7 Å². The molecule has 2 aromatic rings. The second-order valence-corrected chi connectivity index (χ2v) is 9.57. The fourth-order valence-electron chi connectivity index (χ4n) is 3.88. The van der Waals surface area contributed by atoms with Gasteiger partial charge in [-0.25, -0.2) is 28.4 Å². The highest BCUT2D eigenvalue weighted by atomic mass is 32.2. The molecule has 2 aromatic heterocycles. The number of rotatable bonds is 4. The topological polar surface area (TPSA) is 101 Å². The summed E-state index contributed by atoms with van der Waals surface area (Å²) in [6.45, 7) is 1.92. The van der Waals surface area contributed by atoms with E-state index in [-0.39, 0.29) is 11.7 Å². The summed E-state index contributed by atoms with van der Waals surface area (Å²) >= 11 is 0. The first-order valence-electron chi connectivity index (χ1n) is 8.92. The molecule has 8 nitrogen and oxygen atoms in total. The molecule has 5 rings (SSSR count). The molecule has 1 N–H and O–H groups in total. The molecular formula is C17H20N6O2S. The number of sulfone groups is 1. The molecule has 2 atom stereocenters. The van der Waals surface area contributed by atoms with Crippen LogP contribution in [-0.2, 0) is 15.6 Å². The van der Waals surface area contributed by atoms with Crippen molar-refractivity contribution < 1.29 is 8.42 Å². The van der Waals surface area contributed by atoms with Gasteiger partial charge >= 0.3 is 0 Å². The molecule has 1 saturated carbocycles. The van der Waals surface area contributed by atoms with Gasteiger partial charge in [-0.1, -0.05) is 0 Å². The largest absolute Gasteiger partial charge is 0.354 e. The lowest BCUT2D eigenvalue weighted by Crippen LogP contribution is -2.35. The Morgan fingerprint density at radius 1 is 1.23 bits per heavy atom. The zero-order valence-corrected chi connectivity index (χ0v) is 15.1. The lowest BCUT2D eigenvalue weighted by atomic mass is 10.00. The maximum absolute atomic E-state index is 12.8. The van der Waals surface area contributed by atoms with Crippen molar-refractivity contribution in [3.05, 3.63) is 36.0 Å². The lowest BCUT2D eigenvalue weighted by Gasteiger charge is -2.26. The van der Waals surface area contributed by atoms with Gasteiger partial charge < -0.3 is 10.2 Å². The van der Waals surface area contributed by atoms with Crippen molar-refractivity contribution in [2.24, 2.45) is 5.92 Å². The van der Waals surface area contributed by atoms with Crippen molar-refractivity contribution in [2.45, 2.75) is 29.8 Å². The Bertz CT molecular complexity index is 932. The number of fused-ring (bicyclic) bond motifs is 3. The Balaban J connectivity index is 1.47. The van der Waals surface area contributed by atoms with Crippen molar-refractivity contribution in [1.29, 1.82) is 0 Å². The Morgan fingerprint density at radius 2 is 2.12 bits per heavy atom. The zero-order chi connectivity index (χ0) is 17.7. The third-order valence-electron chi connectivity index (χ3n) is 5.47. The van der Waals surface area contributed by atoms with Crippen molar-refractivity contribution in [3.8, 4) is 0 Å². The molecule has 1 saturated heterocycles. The average molecular weight is 372 g/mol. The minimum absolute atomic E-state index is 0.0179. The van der Waals surface area contributed by atoms with Gasteiger partial charge in [-0.2, -0.15) is 0 Å². The van der Waals surface area contributed by atoms with Crippen molar-refractivity contribution in [1.82, 2.24) is 19.9 Å². The van der Waals surface area contributed by atoms with E-state index in [1.54, 1.807) is 12.4 Å². The second kappa shape index (κ2) is 5.87. The number of nitrogens with one attached hydrogen (secondary N) is 1. The van der Waals surface area contributed by atoms with Crippen LogP contribution in [0.3, 0.4) is 0 Å². The Labute approximate surface area is 152 Å². The predicted octanol–water partition coefficient (Wildman–Crippen LogP) is 0.989. The van der Waals surface area contributed by atoms with Crippen LogP contribution in [0.2, 0.25) is 0 Å². The summed E-state index contributed by atoms with van der Waals surface area (Å²) in [4.78, 5) is 19.3. The predicted molar refractivity (Wildman–Crippen MR) is 96.6 cm³/mol. The second-order valence-electron chi connectivity index (χ2n) is 7.35. The first kappa shape index (κ1) is 15.9. The van der Waals surface area contributed by atoms with Gasteiger partial charge in [-0.05, 0) is 24.8 Å². The minimum atomic E-state index is -3.23. The van der Waals surface area contributed by atoms with Gasteiger partial charge in [0, 0.05) is 43.5 Å². The van der Waals surface area contributed by atoms with Crippen LogP contribution in [0.15, 0.2) is 24.8 Å². The van der Waals surface area contributed by atoms with Crippen molar-refractivity contribution >= 4 is 21.6 Å². The van der Waals surface area contributed by atoms with Crippen LogP contribution in [0.1, 0.15) is 30.0 Å². The molecule has 0 unspecified atom stereocenters. The molecule has 0 amide bonds. The van der Waals surface area contributed by atoms with Gasteiger partial charge in [-0.3, -0.25) is 0 Å². The molecule has 2 fully saturated rings. The summed E-state index contributed by atoms with van der Waals surface area (Å²) in [5.74, 6) is 1.96. The molecular weight excluding hydrogens is 352 g/mol. The quantitative estimate of drug-likeness (QED) is 0.848. The third kappa shape index (κ3) is 2.80. The summed E-state index contributed by atoms with van der Waals surface area (Å²) in [7, 11) is -3.23. The van der Waals surface area contributed by atoms with E-state index in [4.69, 9.17) is 4.98 Å². The fourth-order valence-corrected chi connectivity index (χ4v) is 5.87. The van der Waals surface area contributed by atoms with Crippen molar-refractivity contribution in [2.75, 3.05) is 29.9 Å². The molecule has 0 bridgehead atoms. The molecule has 0 radical (unpaired) electrons. The van der Waals surface area contributed by atoms with Crippen LogP contribution in [0.4, 0.5) is 11.8 Å². The molecule has 9 heteroatoms. The van der Waals surface area contributed by atoms with Crippen LogP contribution in [0.25, 0.3) is 0 Å². The molecule has 3 aliphatic rings. The highest BCUT2D eigenvalue weighted by molar-refractivity contribution is 7.91. The maximum Gasteiger partial charge on any atom is 0.222 e. The highest BCUT2D eigenvalue weighted by Crippen LogP contribution is 2.40. The summed E-state index contributed by atoms with van der Waals surface area (Å²) in [6, 6.07) is 1.81. The van der Waals surface area contributed by atoms with E-state index in [1.807, 2.05) is 11.0 Å². The molecule has 26 heavy (non-hydrogen) atoms. The molecule has 0 aromatic carbocycles. The number of hydrogen-bond acceptors (Lipinski definition) is 8. The normalized spacial score (nSPS) is 26.2. The highest BCUT2D eigenvalue weighted by Gasteiger charge is 2.47. The van der Waals surface area contributed by atoms with E-state index < -0.39 is 15.1 Å². The van der Waals surface area contributed by atoms with E-state index in [0.29, 0.717) is 19.0 Å². The monoisotopic (exact) mass is 372 g/mol. The standard InChI is InChI=1S/C17H20N6O2S/c24-26(25)9-12-6-20-17(19-5-11-1-2-11)22-16(12)13-7-23(8-14(13)26)15-3-4-18-10-21-15/h3-4,6,10-11,13-14H,1-2,5,7-9H2,(H,19,20,22)/t13-,14+/m1/s1. The Kier molecular flexibility index (Phi) is 3.59. The maximum atomic E-state index is 12.8. The van der Waals surface area contributed by atoms with E-state index in [9.17, 15) is 8.42 Å². The fraction of sp³-hybridized carbons (Fsp3) is 0.529. The summed E-state index contributed by atoms with van der Waals surface area (Å²) in [5.41, 5.74) is 1.60. The SMILES string of the molecule is O=S1(=O)Cc2cnc(NCC3CC3)nc2[C@@H]2CN(c3ccncn3)C[C@@H]21. The van der Waals surface area contributed by atoms with Crippen LogP contribution in [0.5, 0.6) is 0 Å². The van der Waals surface area contributed by atoms with Gasteiger partial charge in [0.1, 0.15) is 12.1 Å². The summed E-state index contributed by atoms with van der Waals surface area (Å²) < 4.78 is 25.6. The minimum Gasteiger partial charge on any atom is -0.354 e. The molecule has 0 spiro atoms. The van der Waals surface area contributed by atoms with E-state index in [1.165, 1.54) is 19.2 Å². The molecule has 136 valence electrons. The van der Waals surface area contributed by atoms with Gasteiger partial charge in [-0.15, -0.1) is 0 Å². The van der Waals surface area contributed by atoms with E-state index in [0.717, 1.165) is 29.5 Å². The van der Waals surface area contributed by atoms with Crippen LogP contribution >= 0.6 is 0 Å². The number of aromatic nitrogens is 4. The lowest BCUT2D eigenvalue weighted by molar-refractivity contribution is 0.563. The van der Waals surface area contributed by atoms with Crippen LogP contribution in [0, 0.1) is 5.92 Å². The Morgan fingerprint density at radius 3 is 2.88 bits per heavy atom. The van der Waals surface area contributed by atoms with Gasteiger partial charge in [0.25, 0.3) is 0 Å². The first-order chi connectivity index (χ1) is 12.6. The number of anilines is 2. The summed E-state index contributed by atoms with van der Waals surface area (Å²) in [5, 5.41) is 2.85. The number of nitrogens with zero attached hydrogens (tertiary/aromatic N) is 5. The third-order valence-corrected chi connectivity index (χ3v) is 7.58. The van der Waals surface area contributed by atoms with Gasteiger partial charge in [0.2, 0.25) is 5.95 Å². The van der Waals surface area contributed by atoms with E-state index in [2.05, 4.69) is 20.3 Å². The van der Waals surface area contributed by atoms with Crippen LogP contribution in [-0.4, -0.2) is 53.2 Å². The van der Waals surface area contributed by atoms with Gasteiger partial charge in [0.15, 0.2) is 9.84 Å². The van der Waals surface area contributed by atoms with Crippen LogP contribution < -0.4 is 10.2 Å². The van der Waals surface area contributed by atoms with Crippen molar-refractivity contribution in [3.63, 3.8) is 0 Å². The summed E-state index contributed by atoms with van der Waals surface area (Å²) in [6.07, 6.45) is 7.36. The molecule has 1 aliphatic carbocycles. The number of hydrogen-bond donors (Lipinski definition) is 1. The average Bonchev–Trinajstić information content (AvgIpc) is 3.35. The first-order valence-corrected chi connectivity index (χ1v) is 10.6. The zero-order valence-electron chi connectivity index (χ0n) is 14.2. The Hall–Kier alpha value is -2.29.